The van der Waals surface area contributed by atoms with Crippen LogP contribution in [-0.4, -0.2) is 30.8 Å². The van der Waals surface area contributed by atoms with Crippen molar-refractivity contribution in [2.24, 2.45) is 5.73 Å². The molecule has 3 heterocycles. The molecule has 0 atom stereocenters. The Morgan fingerprint density at radius 2 is 2.00 bits per heavy atom. The Labute approximate surface area is 174 Å². The molecule has 0 spiro atoms. The number of fused-ring (bicyclic) bond motifs is 3. The van der Waals surface area contributed by atoms with Gasteiger partial charge in [-0.15, -0.1) is 0 Å². The van der Waals surface area contributed by atoms with Gasteiger partial charge in [-0.2, -0.15) is 5.10 Å². The van der Waals surface area contributed by atoms with Gasteiger partial charge in [-0.05, 0) is 25.0 Å². The van der Waals surface area contributed by atoms with Gasteiger partial charge in [0, 0.05) is 23.5 Å². The third-order valence-electron chi connectivity index (χ3n) is 4.65. The Morgan fingerprint density at radius 3 is 2.76 bits per heavy atom. The first-order valence-corrected chi connectivity index (χ1v) is 10.00. The van der Waals surface area contributed by atoms with Crippen LogP contribution >= 0.6 is 22.9 Å². The average molecular weight is 424 g/mol. The average Bonchev–Trinajstić information content (AvgIpc) is 3.29. The number of carbonyl (C=O) groups is 1. The van der Waals surface area contributed by atoms with E-state index in [-0.39, 0.29) is 0 Å². The Kier molecular flexibility index (Phi) is 4.26. The van der Waals surface area contributed by atoms with E-state index < -0.39 is 6.03 Å². The Hall–Kier alpha value is -3.30. The number of amides is 2. The van der Waals surface area contributed by atoms with Crippen molar-refractivity contribution >= 4 is 34.1 Å². The number of urea groups is 1. The quantitative estimate of drug-likeness (QED) is 0.521. The van der Waals surface area contributed by atoms with Gasteiger partial charge >= 0.3 is 6.03 Å². The minimum atomic E-state index is -0.641. The first kappa shape index (κ1) is 17.8. The highest BCUT2D eigenvalue weighted by Gasteiger charge is 2.30. The lowest BCUT2D eigenvalue weighted by Crippen LogP contribution is -2.19. The van der Waals surface area contributed by atoms with Crippen LogP contribution < -0.4 is 11.1 Å². The van der Waals surface area contributed by atoms with Crippen LogP contribution in [0.2, 0.25) is 5.02 Å². The molecular weight excluding hydrogens is 410 g/mol. The van der Waals surface area contributed by atoms with Crippen LogP contribution in [0.5, 0.6) is 0 Å². The van der Waals surface area contributed by atoms with Crippen molar-refractivity contribution in [3.8, 4) is 27.5 Å². The molecule has 0 unspecified atom stereocenters. The van der Waals surface area contributed by atoms with Gasteiger partial charge in [0.1, 0.15) is 6.33 Å². The highest BCUT2D eigenvalue weighted by Crippen LogP contribution is 2.44. The largest absolute Gasteiger partial charge is 0.351 e. The Bertz CT molecular complexity index is 1230. The number of hydrogen-bond acceptors (Lipinski definition) is 6. The number of halogens is 1. The lowest BCUT2D eigenvalue weighted by atomic mass is 9.96. The van der Waals surface area contributed by atoms with Crippen LogP contribution in [0.1, 0.15) is 11.3 Å². The fraction of sp³-hybridized carbons (Fsp3) is 0.105. The van der Waals surface area contributed by atoms with Gasteiger partial charge in [-0.3, -0.25) is 5.32 Å². The van der Waals surface area contributed by atoms with E-state index in [0.717, 1.165) is 51.6 Å². The van der Waals surface area contributed by atoms with E-state index in [0.29, 0.717) is 10.2 Å². The van der Waals surface area contributed by atoms with Crippen molar-refractivity contribution in [2.45, 2.75) is 12.8 Å². The number of carbonyl (C=O) groups excluding carboxylic acids is 1. The van der Waals surface area contributed by atoms with Crippen molar-refractivity contribution in [3.63, 3.8) is 0 Å². The third-order valence-corrected chi connectivity index (χ3v) is 5.99. The van der Waals surface area contributed by atoms with E-state index in [1.165, 1.54) is 17.7 Å². The maximum atomic E-state index is 11.3. The zero-order valence-electron chi connectivity index (χ0n) is 15.0. The van der Waals surface area contributed by atoms with Gasteiger partial charge in [0.25, 0.3) is 0 Å². The summed E-state index contributed by atoms with van der Waals surface area (Å²) in [5.41, 5.74) is 10.5. The lowest BCUT2D eigenvalue weighted by molar-refractivity contribution is 0.259. The monoisotopic (exact) mass is 423 g/mol. The molecule has 8 nitrogen and oxygen atoms in total. The molecule has 1 aliphatic carbocycles. The first-order valence-electron chi connectivity index (χ1n) is 8.80. The molecule has 1 aliphatic rings. The zero-order valence-corrected chi connectivity index (χ0v) is 16.5. The molecule has 0 radical (unpaired) electrons. The summed E-state index contributed by atoms with van der Waals surface area (Å²) in [6, 6.07) is 6.89. The Balaban J connectivity index is 1.77. The van der Waals surface area contributed by atoms with Crippen molar-refractivity contribution in [1.29, 1.82) is 0 Å². The molecule has 0 saturated carbocycles. The summed E-state index contributed by atoms with van der Waals surface area (Å²) in [5.74, 6) is 0. The highest BCUT2D eigenvalue weighted by molar-refractivity contribution is 7.19. The maximum Gasteiger partial charge on any atom is 0.318 e. The number of aromatic nitrogens is 5. The minimum absolute atomic E-state index is 0.465. The fourth-order valence-corrected chi connectivity index (χ4v) is 4.77. The lowest BCUT2D eigenvalue weighted by Gasteiger charge is -2.14. The zero-order chi connectivity index (χ0) is 20.0. The van der Waals surface area contributed by atoms with E-state index in [2.05, 4.69) is 20.3 Å². The molecule has 4 aromatic rings. The molecule has 10 heteroatoms. The minimum Gasteiger partial charge on any atom is -0.351 e. The van der Waals surface area contributed by atoms with Crippen LogP contribution in [0.4, 0.5) is 9.93 Å². The molecule has 0 saturated heterocycles. The Morgan fingerprint density at radius 1 is 1.21 bits per heavy atom. The molecule has 3 N–H and O–H groups in total. The molecule has 0 aliphatic heterocycles. The number of nitrogens with one attached hydrogen (secondary N) is 1. The number of nitrogens with zero attached hydrogens (tertiary/aromatic N) is 5. The van der Waals surface area contributed by atoms with Crippen LogP contribution in [0.25, 0.3) is 27.5 Å². The highest BCUT2D eigenvalue weighted by atomic mass is 35.5. The topological polar surface area (TPSA) is 112 Å². The third kappa shape index (κ3) is 3.04. The number of primary amides is 1. The number of hydrogen-bond donors (Lipinski definition) is 2. The van der Waals surface area contributed by atoms with Gasteiger partial charge < -0.3 is 5.73 Å². The number of benzene rings is 1. The van der Waals surface area contributed by atoms with Crippen LogP contribution in [0.3, 0.4) is 0 Å². The number of nitrogens with two attached hydrogens (primary N) is 1. The number of thiazole rings is 1. The van der Waals surface area contributed by atoms with E-state index in [1.807, 2.05) is 28.9 Å². The van der Waals surface area contributed by atoms with Gasteiger partial charge in [-0.1, -0.05) is 35.1 Å². The van der Waals surface area contributed by atoms with E-state index >= 15 is 0 Å². The normalized spacial score (nSPS) is 12.3. The second-order valence-electron chi connectivity index (χ2n) is 6.45. The number of para-hydroxylation sites is 1. The van der Waals surface area contributed by atoms with Gasteiger partial charge in [-0.25, -0.2) is 24.4 Å². The van der Waals surface area contributed by atoms with Crippen LogP contribution in [-0.2, 0) is 12.8 Å². The predicted octanol–water partition coefficient (Wildman–Crippen LogP) is 3.70. The first-order chi connectivity index (χ1) is 14.1. The molecule has 29 heavy (non-hydrogen) atoms. The summed E-state index contributed by atoms with van der Waals surface area (Å²) in [6.45, 7) is 0. The van der Waals surface area contributed by atoms with Crippen molar-refractivity contribution < 1.29 is 4.79 Å². The second kappa shape index (κ2) is 6.94. The molecule has 0 bridgehead atoms. The maximum absolute atomic E-state index is 11.3. The molecule has 1 aromatic carbocycles. The van der Waals surface area contributed by atoms with Crippen molar-refractivity contribution in [2.75, 3.05) is 5.32 Å². The smallest absolute Gasteiger partial charge is 0.318 e. The summed E-state index contributed by atoms with van der Waals surface area (Å²) < 4.78 is 1.84. The summed E-state index contributed by atoms with van der Waals surface area (Å²) in [5, 5.41) is 8.50. The van der Waals surface area contributed by atoms with Crippen LogP contribution in [0, 0.1) is 0 Å². The van der Waals surface area contributed by atoms with E-state index in [9.17, 15) is 4.79 Å². The molecule has 2 amide bonds. The molecule has 0 fully saturated rings. The standard InChI is InChI=1S/C19H14ClN7OS/c20-12-3-1-2-4-14(12)27-16-11(15(26-27)10-7-22-9-23-8-10)5-6-13-17(16)29-19(24-13)25-18(21)28/h1-4,7-9H,5-6H2,(H3,21,24,25,28). The summed E-state index contributed by atoms with van der Waals surface area (Å²) >= 11 is 7.86. The van der Waals surface area contributed by atoms with E-state index in [4.69, 9.17) is 22.4 Å². The predicted molar refractivity (Wildman–Crippen MR) is 111 cm³/mol. The van der Waals surface area contributed by atoms with E-state index in [1.54, 1.807) is 12.4 Å². The number of anilines is 1. The molecule has 3 aromatic heterocycles. The van der Waals surface area contributed by atoms with Crippen molar-refractivity contribution in [3.05, 3.63) is 59.3 Å². The number of rotatable bonds is 3. The summed E-state index contributed by atoms with van der Waals surface area (Å²) in [4.78, 5) is 25.0. The summed E-state index contributed by atoms with van der Waals surface area (Å²) in [7, 11) is 0. The molecule has 144 valence electrons. The second-order valence-corrected chi connectivity index (χ2v) is 7.86. The van der Waals surface area contributed by atoms with Gasteiger partial charge in [0.15, 0.2) is 5.13 Å². The van der Waals surface area contributed by atoms with Crippen LogP contribution in [0.15, 0.2) is 43.0 Å². The number of aryl methyl sites for hydroxylation is 1. The molecular formula is C19H14ClN7OS. The van der Waals surface area contributed by atoms with Gasteiger partial charge in [0.05, 0.1) is 32.7 Å². The fourth-order valence-electron chi connectivity index (χ4n) is 3.48. The van der Waals surface area contributed by atoms with Crippen molar-refractivity contribution in [1.82, 2.24) is 24.7 Å². The van der Waals surface area contributed by atoms with Gasteiger partial charge in [0.2, 0.25) is 0 Å². The summed E-state index contributed by atoms with van der Waals surface area (Å²) in [6.07, 6.45) is 6.46. The SMILES string of the molecule is NC(=O)Nc1nc2c(s1)-c1c(c(-c3cncnc3)nn1-c1ccccc1Cl)CC2. The molecule has 5 rings (SSSR count).